The zero-order valence-electron chi connectivity index (χ0n) is 24.3. The van der Waals surface area contributed by atoms with Crippen LogP contribution in [0, 0.1) is 5.92 Å². The first kappa shape index (κ1) is 35.6. The van der Waals surface area contributed by atoms with Gasteiger partial charge >= 0.3 is 6.18 Å². The van der Waals surface area contributed by atoms with Crippen LogP contribution in [0.3, 0.4) is 0 Å². The Kier molecular flexibility index (Phi) is 13.2. The molecular weight excluding hydrogens is 587 g/mol. The van der Waals surface area contributed by atoms with Crippen molar-refractivity contribution in [1.29, 1.82) is 0 Å². The molecule has 0 aliphatic heterocycles. The average Bonchev–Trinajstić information content (AvgIpc) is 2.97. The van der Waals surface area contributed by atoms with Crippen LogP contribution in [0.25, 0.3) is 0 Å². The Balaban J connectivity index is 2.20. The van der Waals surface area contributed by atoms with Crippen LogP contribution in [-0.2, 0) is 25.6 Å². The second-order valence-corrected chi connectivity index (χ2v) is 10.4. The maximum absolute atomic E-state index is 13.3. The molecule has 1 aromatic heterocycles. The van der Waals surface area contributed by atoms with E-state index in [9.17, 15) is 42.3 Å². The predicted octanol–water partition coefficient (Wildman–Crippen LogP) is 0.137. The number of carbonyl (C=O) groups excluding carboxylic acids is 5. The van der Waals surface area contributed by atoms with E-state index < -0.39 is 84.7 Å². The van der Waals surface area contributed by atoms with Crippen molar-refractivity contribution in [2.75, 3.05) is 0 Å². The van der Waals surface area contributed by atoms with Gasteiger partial charge in [0.1, 0.15) is 23.8 Å². The molecule has 5 atom stereocenters. The van der Waals surface area contributed by atoms with Gasteiger partial charge in [-0.3, -0.25) is 29.0 Å². The van der Waals surface area contributed by atoms with E-state index in [1.165, 1.54) is 25.5 Å². The molecule has 44 heavy (non-hydrogen) atoms. The lowest BCUT2D eigenvalue weighted by Gasteiger charge is -2.28. The number of nitrogens with zero attached hydrogens (tertiary/aromatic N) is 2. The number of hydrogen-bond acceptors (Lipinski definition) is 8. The number of alkyl halides is 3. The lowest BCUT2D eigenvalue weighted by molar-refractivity contribution is -0.212. The molecule has 13 nitrogen and oxygen atoms in total. The van der Waals surface area contributed by atoms with Crippen molar-refractivity contribution in [3.8, 4) is 0 Å². The van der Waals surface area contributed by atoms with Crippen LogP contribution in [0.1, 0.15) is 49.7 Å². The van der Waals surface area contributed by atoms with Crippen molar-refractivity contribution in [3.63, 3.8) is 0 Å². The second-order valence-electron chi connectivity index (χ2n) is 10.4. The van der Waals surface area contributed by atoms with Gasteiger partial charge in [0.05, 0.1) is 12.2 Å². The maximum atomic E-state index is 13.3. The molecule has 0 aliphatic rings. The summed E-state index contributed by atoms with van der Waals surface area (Å²) in [6.07, 6.45) is -5.40. The van der Waals surface area contributed by atoms with E-state index in [-0.39, 0.29) is 12.1 Å². The number of nitrogens with two attached hydrogens (primary N) is 1. The number of hydrogen-bond donors (Lipinski definition) is 6. The molecule has 1 heterocycles. The maximum Gasteiger partial charge on any atom is 0.416 e. The molecule has 240 valence electrons. The number of nitrogens with one attached hydrogen (secondary N) is 4. The molecule has 5 amide bonds. The molecule has 7 N–H and O–H groups in total. The third kappa shape index (κ3) is 11.2. The molecular formula is C28H36F3N7O6. The molecule has 2 aromatic rings. The average molecular weight is 624 g/mol. The minimum Gasteiger partial charge on any atom is -0.382 e. The number of benzene rings is 1. The van der Waals surface area contributed by atoms with Gasteiger partial charge in [0.2, 0.25) is 23.6 Å². The largest absolute Gasteiger partial charge is 0.416 e. The molecule has 0 saturated heterocycles. The van der Waals surface area contributed by atoms with Crippen LogP contribution in [0.15, 0.2) is 48.9 Å². The first-order valence-corrected chi connectivity index (χ1v) is 13.6. The first-order valence-electron chi connectivity index (χ1n) is 13.6. The number of halogens is 3. The summed E-state index contributed by atoms with van der Waals surface area (Å²) in [4.78, 5) is 70.9. The molecule has 1 aromatic carbocycles. The predicted molar refractivity (Wildman–Crippen MR) is 150 cm³/mol. The van der Waals surface area contributed by atoms with E-state index in [0.717, 1.165) is 0 Å². The van der Waals surface area contributed by atoms with Crippen molar-refractivity contribution < 1.29 is 42.3 Å². The zero-order valence-corrected chi connectivity index (χ0v) is 24.3. The van der Waals surface area contributed by atoms with Gasteiger partial charge in [-0.05, 0) is 24.8 Å². The lowest BCUT2D eigenvalue weighted by Crippen LogP contribution is -2.59. The van der Waals surface area contributed by atoms with Gasteiger partial charge in [-0.25, -0.2) is 4.98 Å². The number of aromatic nitrogens is 2. The highest BCUT2D eigenvalue weighted by atomic mass is 19.4. The van der Waals surface area contributed by atoms with Gasteiger partial charge < -0.3 is 32.1 Å². The second kappa shape index (κ2) is 16.3. The Hall–Kier alpha value is -4.60. The standard InChI is InChI=1S/C28H36F3N7O6/c1-15(2)22(38-26(43)20-14-33-11-12-34-20)27(44)37-19(13-17-7-5-4-6-8-17)25(42)35-16(3)24(41)36-18(9-10-21(32)39)23(40)28(29,30)31/h4-8,11-12,14-16,18-19,22-23,40H,9-10,13H2,1-3H3,(H2,32,39)(H,35,42)(H,36,41)(H,37,44)(H,38,43). The molecule has 16 heteroatoms. The third-order valence-electron chi connectivity index (χ3n) is 6.45. The Morgan fingerprint density at radius 2 is 1.57 bits per heavy atom. The van der Waals surface area contributed by atoms with Crippen LogP contribution >= 0.6 is 0 Å². The topological polar surface area (TPSA) is 206 Å². The normalized spacial score (nSPS) is 14.8. The fourth-order valence-corrected chi connectivity index (χ4v) is 4.01. The van der Waals surface area contributed by atoms with Crippen molar-refractivity contribution in [1.82, 2.24) is 31.2 Å². The summed E-state index contributed by atoms with van der Waals surface area (Å²) in [5, 5.41) is 19.2. The molecule has 0 spiro atoms. The van der Waals surface area contributed by atoms with Crippen molar-refractivity contribution in [3.05, 3.63) is 60.2 Å². The summed E-state index contributed by atoms with van der Waals surface area (Å²) < 4.78 is 39.5. The quantitative estimate of drug-likeness (QED) is 0.161. The number of aliphatic hydroxyl groups is 1. The SMILES string of the molecule is CC(NC(=O)C(Cc1ccccc1)NC(=O)C(NC(=O)c1cnccn1)C(C)C)C(=O)NC(CCC(N)=O)C(O)C(F)(F)F. The molecule has 0 fully saturated rings. The molecule has 2 rings (SSSR count). The molecule has 5 unspecified atom stereocenters. The van der Waals surface area contributed by atoms with Crippen LogP contribution < -0.4 is 27.0 Å². The van der Waals surface area contributed by atoms with Gasteiger partial charge in [-0.15, -0.1) is 0 Å². The van der Waals surface area contributed by atoms with Crippen molar-refractivity contribution in [2.45, 2.75) is 76.5 Å². The van der Waals surface area contributed by atoms with E-state index in [1.54, 1.807) is 44.2 Å². The monoisotopic (exact) mass is 623 g/mol. The number of carbonyl (C=O) groups is 5. The fourth-order valence-electron chi connectivity index (χ4n) is 4.01. The summed E-state index contributed by atoms with van der Waals surface area (Å²) in [6.45, 7) is 4.53. The van der Waals surface area contributed by atoms with E-state index in [4.69, 9.17) is 5.73 Å². The highest BCUT2D eigenvalue weighted by Gasteiger charge is 2.44. The summed E-state index contributed by atoms with van der Waals surface area (Å²) >= 11 is 0. The van der Waals surface area contributed by atoms with Crippen molar-refractivity contribution in [2.24, 2.45) is 11.7 Å². The Bertz CT molecular complexity index is 1280. The van der Waals surface area contributed by atoms with Gasteiger partial charge in [0.25, 0.3) is 5.91 Å². The number of primary amides is 1. The smallest absolute Gasteiger partial charge is 0.382 e. The number of rotatable bonds is 15. The Morgan fingerprint density at radius 1 is 0.909 bits per heavy atom. The van der Waals surface area contributed by atoms with Gasteiger partial charge in [-0.2, -0.15) is 13.2 Å². The van der Waals surface area contributed by atoms with Crippen LogP contribution in [0.5, 0.6) is 0 Å². The summed E-state index contributed by atoms with van der Waals surface area (Å²) in [6, 6.07) is 2.82. The number of aliphatic hydroxyl groups excluding tert-OH is 1. The first-order chi connectivity index (χ1) is 20.6. The molecule has 0 radical (unpaired) electrons. The highest BCUT2D eigenvalue weighted by molar-refractivity contribution is 5.97. The van der Waals surface area contributed by atoms with E-state index >= 15 is 0 Å². The van der Waals surface area contributed by atoms with Gasteiger partial charge in [-0.1, -0.05) is 44.2 Å². The summed E-state index contributed by atoms with van der Waals surface area (Å²) in [7, 11) is 0. The van der Waals surface area contributed by atoms with Gasteiger partial charge in [0.15, 0.2) is 6.10 Å². The van der Waals surface area contributed by atoms with Crippen LogP contribution in [-0.4, -0.2) is 81.1 Å². The molecule has 0 bridgehead atoms. The van der Waals surface area contributed by atoms with Crippen LogP contribution in [0.4, 0.5) is 13.2 Å². The van der Waals surface area contributed by atoms with Crippen molar-refractivity contribution >= 4 is 29.5 Å². The Morgan fingerprint density at radius 3 is 2.11 bits per heavy atom. The molecule has 0 aliphatic carbocycles. The van der Waals surface area contributed by atoms with Crippen LogP contribution in [0.2, 0.25) is 0 Å². The third-order valence-corrected chi connectivity index (χ3v) is 6.45. The summed E-state index contributed by atoms with van der Waals surface area (Å²) in [5.74, 6) is -4.70. The zero-order chi connectivity index (χ0) is 33.0. The fraction of sp³-hybridized carbons (Fsp3) is 0.464. The Labute approximate surface area is 251 Å². The van der Waals surface area contributed by atoms with E-state index in [2.05, 4.69) is 25.9 Å². The molecule has 0 saturated carbocycles. The van der Waals surface area contributed by atoms with E-state index in [1.807, 2.05) is 5.32 Å². The number of amides is 5. The minimum atomic E-state index is -5.11. The van der Waals surface area contributed by atoms with E-state index in [0.29, 0.717) is 5.56 Å². The summed E-state index contributed by atoms with van der Waals surface area (Å²) in [5.41, 5.74) is 5.60. The highest BCUT2D eigenvalue weighted by Crippen LogP contribution is 2.24. The van der Waals surface area contributed by atoms with Gasteiger partial charge in [0, 0.05) is 25.2 Å². The minimum absolute atomic E-state index is 0.0332. The lowest BCUT2D eigenvalue weighted by atomic mass is 10.0.